The second-order valence-electron chi connectivity index (χ2n) is 2.68. The average molecular weight is 163 g/mol. The molecule has 0 saturated carbocycles. The quantitative estimate of drug-likeness (QED) is 0.604. The minimum absolute atomic E-state index is 0.383. The molecule has 0 amide bonds. The summed E-state index contributed by atoms with van der Waals surface area (Å²) < 4.78 is 17.6. The highest BCUT2D eigenvalue weighted by Gasteiger charge is 2.30. The summed E-state index contributed by atoms with van der Waals surface area (Å²) in [5.41, 5.74) is 0. The molecule has 0 aromatic heterocycles. The molecule has 3 nitrogen and oxygen atoms in total. The number of hydrogen-bond donors (Lipinski definition) is 2. The Morgan fingerprint density at radius 2 is 2.55 bits per heavy atom. The Morgan fingerprint density at radius 1 is 1.82 bits per heavy atom. The molecular formula is C7H14FNO2. The van der Waals surface area contributed by atoms with Gasteiger partial charge in [0.15, 0.2) is 0 Å². The Hall–Kier alpha value is -0.190. The summed E-state index contributed by atoms with van der Waals surface area (Å²) in [4.78, 5) is 0. The Morgan fingerprint density at radius 3 is 3.09 bits per heavy atom. The predicted octanol–water partition coefficient (Wildman–Crippen LogP) is 0.0413. The van der Waals surface area contributed by atoms with Crippen LogP contribution in [0, 0.1) is 0 Å². The van der Waals surface area contributed by atoms with Crippen molar-refractivity contribution in [3.05, 3.63) is 0 Å². The molecule has 1 fully saturated rings. The minimum Gasteiger partial charge on any atom is -0.391 e. The first kappa shape index (κ1) is 8.90. The lowest BCUT2D eigenvalue weighted by molar-refractivity contribution is -0.113. The number of alkyl halides is 1. The summed E-state index contributed by atoms with van der Waals surface area (Å²) in [6, 6.07) is -0.547. The maximum atomic E-state index is 12.8. The first-order valence-corrected chi connectivity index (χ1v) is 3.93. The Kier molecular flexibility index (Phi) is 3.23. The largest absolute Gasteiger partial charge is 0.391 e. The number of ether oxygens (including phenoxy) is 1. The molecule has 1 aliphatic heterocycles. The maximum Gasteiger partial charge on any atom is 0.216 e. The van der Waals surface area contributed by atoms with Gasteiger partial charge < -0.3 is 15.2 Å². The van der Waals surface area contributed by atoms with Crippen LogP contribution in [0.4, 0.5) is 4.39 Å². The van der Waals surface area contributed by atoms with Crippen LogP contribution in [0.5, 0.6) is 0 Å². The zero-order valence-electron chi connectivity index (χ0n) is 6.59. The highest BCUT2D eigenvalue weighted by Crippen LogP contribution is 2.11. The molecule has 66 valence electrons. The van der Waals surface area contributed by atoms with Crippen LogP contribution in [-0.4, -0.2) is 36.8 Å². The van der Waals surface area contributed by atoms with Gasteiger partial charge in [-0.05, 0) is 6.42 Å². The molecule has 11 heavy (non-hydrogen) atoms. The standard InChI is InChI=1S/C7H14FNO2/c1-2-5(10)6-7(8)11-4-3-9-6/h5-7,9-10H,2-4H2,1H3. The molecule has 1 rings (SSSR count). The van der Waals surface area contributed by atoms with E-state index in [4.69, 9.17) is 4.74 Å². The number of hydrogen-bond acceptors (Lipinski definition) is 3. The normalized spacial score (nSPS) is 35.2. The van der Waals surface area contributed by atoms with Gasteiger partial charge in [0.25, 0.3) is 0 Å². The van der Waals surface area contributed by atoms with Crippen LogP contribution < -0.4 is 5.32 Å². The Bertz CT molecular complexity index is 119. The van der Waals surface area contributed by atoms with E-state index in [-0.39, 0.29) is 0 Å². The number of aliphatic hydroxyl groups is 1. The lowest BCUT2D eigenvalue weighted by atomic mass is 10.1. The second kappa shape index (κ2) is 3.99. The fourth-order valence-corrected chi connectivity index (χ4v) is 1.16. The van der Waals surface area contributed by atoms with Crippen molar-refractivity contribution in [3.8, 4) is 0 Å². The highest BCUT2D eigenvalue weighted by molar-refractivity contribution is 4.80. The SMILES string of the molecule is CCC(O)C1NCCOC1F. The second-order valence-corrected chi connectivity index (χ2v) is 2.68. The average Bonchev–Trinajstić information content (AvgIpc) is 2.04. The van der Waals surface area contributed by atoms with E-state index >= 15 is 0 Å². The van der Waals surface area contributed by atoms with E-state index in [9.17, 15) is 9.50 Å². The molecule has 0 radical (unpaired) electrons. The van der Waals surface area contributed by atoms with E-state index in [2.05, 4.69) is 5.32 Å². The Balaban J connectivity index is 2.40. The summed E-state index contributed by atoms with van der Waals surface area (Å²) in [6.45, 7) is 2.81. The number of rotatable bonds is 2. The van der Waals surface area contributed by atoms with Gasteiger partial charge in [0, 0.05) is 6.54 Å². The molecule has 4 heteroatoms. The van der Waals surface area contributed by atoms with Crippen molar-refractivity contribution < 1.29 is 14.2 Å². The zero-order valence-corrected chi connectivity index (χ0v) is 6.59. The van der Waals surface area contributed by atoms with Crippen molar-refractivity contribution in [1.29, 1.82) is 0 Å². The first-order valence-electron chi connectivity index (χ1n) is 3.93. The van der Waals surface area contributed by atoms with Gasteiger partial charge in [-0.3, -0.25) is 0 Å². The van der Waals surface area contributed by atoms with E-state index in [1.54, 1.807) is 0 Å². The van der Waals surface area contributed by atoms with Crippen molar-refractivity contribution in [2.45, 2.75) is 31.8 Å². The van der Waals surface area contributed by atoms with E-state index in [1.807, 2.05) is 6.92 Å². The number of nitrogens with one attached hydrogen (secondary N) is 1. The first-order chi connectivity index (χ1) is 5.25. The smallest absolute Gasteiger partial charge is 0.216 e. The van der Waals surface area contributed by atoms with Crippen LogP contribution in [0.1, 0.15) is 13.3 Å². The van der Waals surface area contributed by atoms with Crippen molar-refractivity contribution >= 4 is 0 Å². The molecular weight excluding hydrogens is 149 g/mol. The highest BCUT2D eigenvalue weighted by atomic mass is 19.1. The molecule has 0 aliphatic carbocycles. The van der Waals surface area contributed by atoms with Crippen LogP contribution >= 0.6 is 0 Å². The fraction of sp³-hybridized carbons (Fsp3) is 1.00. The molecule has 1 saturated heterocycles. The van der Waals surface area contributed by atoms with E-state index < -0.39 is 18.5 Å². The van der Waals surface area contributed by atoms with Crippen LogP contribution in [0.2, 0.25) is 0 Å². The third-order valence-corrected chi connectivity index (χ3v) is 1.87. The third kappa shape index (κ3) is 2.12. The summed E-state index contributed by atoms with van der Waals surface area (Å²) in [6.07, 6.45) is -1.47. The summed E-state index contributed by atoms with van der Waals surface area (Å²) >= 11 is 0. The molecule has 1 aliphatic rings. The van der Waals surface area contributed by atoms with Crippen molar-refractivity contribution in [2.24, 2.45) is 0 Å². The van der Waals surface area contributed by atoms with E-state index in [0.717, 1.165) is 0 Å². The zero-order chi connectivity index (χ0) is 8.27. The van der Waals surface area contributed by atoms with Crippen molar-refractivity contribution in [2.75, 3.05) is 13.2 Å². The monoisotopic (exact) mass is 163 g/mol. The summed E-state index contributed by atoms with van der Waals surface area (Å²) in [5.74, 6) is 0. The molecule has 2 N–H and O–H groups in total. The van der Waals surface area contributed by atoms with Gasteiger partial charge in [0.2, 0.25) is 6.36 Å². The van der Waals surface area contributed by atoms with E-state index in [1.165, 1.54) is 0 Å². The van der Waals surface area contributed by atoms with Gasteiger partial charge >= 0.3 is 0 Å². The topological polar surface area (TPSA) is 41.5 Å². The lowest BCUT2D eigenvalue weighted by Gasteiger charge is -2.30. The lowest BCUT2D eigenvalue weighted by Crippen LogP contribution is -2.52. The van der Waals surface area contributed by atoms with Gasteiger partial charge in [-0.25, -0.2) is 4.39 Å². The van der Waals surface area contributed by atoms with Gasteiger partial charge in [-0.15, -0.1) is 0 Å². The summed E-state index contributed by atoms with van der Waals surface area (Å²) in [7, 11) is 0. The molecule has 1 heterocycles. The minimum atomic E-state index is -1.36. The van der Waals surface area contributed by atoms with Crippen LogP contribution in [0.25, 0.3) is 0 Å². The van der Waals surface area contributed by atoms with Crippen LogP contribution in [0.3, 0.4) is 0 Å². The third-order valence-electron chi connectivity index (χ3n) is 1.87. The molecule has 0 spiro atoms. The van der Waals surface area contributed by atoms with Gasteiger partial charge in [0.1, 0.15) is 0 Å². The van der Waals surface area contributed by atoms with Gasteiger partial charge in [0.05, 0.1) is 18.8 Å². The van der Waals surface area contributed by atoms with Crippen LogP contribution in [0.15, 0.2) is 0 Å². The Labute approximate surface area is 65.5 Å². The van der Waals surface area contributed by atoms with Crippen LogP contribution in [-0.2, 0) is 4.74 Å². The summed E-state index contributed by atoms with van der Waals surface area (Å²) in [5, 5.41) is 12.1. The van der Waals surface area contributed by atoms with Crippen molar-refractivity contribution in [1.82, 2.24) is 5.32 Å². The molecule has 3 atom stereocenters. The number of aliphatic hydroxyl groups excluding tert-OH is 1. The predicted molar refractivity (Wildman–Crippen MR) is 38.9 cm³/mol. The van der Waals surface area contributed by atoms with Gasteiger partial charge in [-0.2, -0.15) is 0 Å². The van der Waals surface area contributed by atoms with Gasteiger partial charge in [-0.1, -0.05) is 6.92 Å². The number of morpholine rings is 1. The molecule has 0 aromatic rings. The van der Waals surface area contributed by atoms with E-state index in [0.29, 0.717) is 19.6 Å². The molecule has 0 aromatic carbocycles. The maximum absolute atomic E-state index is 12.8. The molecule has 0 bridgehead atoms. The number of halogens is 1. The molecule has 3 unspecified atom stereocenters. The van der Waals surface area contributed by atoms with Crippen molar-refractivity contribution in [3.63, 3.8) is 0 Å². The fourth-order valence-electron chi connectivity index (χ4n) is 1.16.